The molecular weight excluding hydrogens is 450 g/mol. The Bertz CT molecular complexity index is 1230. The van der Waals surface area contributed by atoms with Crippen LogP contribution in [0.5, 0.6) is 11.5 Å². The molecule has 1 N–H and O–H groups in total. The van der Waals surface area contributed by atoms with Gasteiger partial charge in [-0.25, -0.2) is 0 Å². The molecule has 2 aromatic carbocycles. The molecule has 34 heavy (non-hydrogen) atoms. The average Bonchev–Trinajstić information content (AvgIpc) is 3.46. The molecule has 7 heteroatoms. The topological polar surface area (TPSA) is 76.1 Å². The van der Waals surface area contributed by atoms with Gasteiger partial charge in [0.05, 0.1) is 31.9 Å². The van der Waals surface area contributed by atoms with Crippen LogP contribution in [0, 0.1) is 6.92 Å². The van der Waals surface area contributed by atoms with Gasteiger partial charge in [0.1, 0.15) is 17.3 Å². The lowest BCUT2D eigenvalue weighted by atomic mass is 9.98. The summed E-state index contributed by atoms with van der Waals surface area (Å²) in [7, 11) is 1.57. The summed E-state index contributed by atoms with van der Waals surface area (Å²) in [4.78, 5) is 28.7. The van der Waals surface area contributed by atoms with Gasteiger partial charge in [0.2, 0.25) is 0 Å². The Morgan fingerprint density at radius 1 is 1.09 bits per heavy atom. The maximum absolute atomic E-state index is 13.2. The third kappa shape index (κ3) is 4.43. The minimum atomic E-state index is -0.699. The SMILES string of the molecule is CCCOc1ccc(/C(O)=C2/C(=O)C(=O)N(Cc3ccccc3OC)C2c2cccs2)cc1C. The second-order valence-corrected chi connectivity index (χ2v) is 9.06. The number of hydrogen-bond acceptors (Lipinski definition) is 6. The van der Waals surface area contributed by atoms with Gasteiger partial charge in [-0.3, -0.25) is 9.59 Å². The molecule has 1 aromatic heterocycles. The second-order valence-electron chi connectivity index (χ2n) is 8.08. The van der Waals surface area contributed by atoms with Gasteiger partial charge < -0.3 is 19.5 Å². The van der Waals surface area contributed by atoms with E-state index < -0.39 is 17.7 Å². The first kappa shape index (κ1) is 23.6. The van der Waals surface area contributed by atoms with E-state index in [9.17, 15) is 14.7 Å². The number of likely N-dealkylation sites (tertiary alicyclic amines) is 1. The number of aryl methyl sites for hydroxylation is 1. The lowest BCUT2D eigenvalue weighted by Crippen LogP contribution is -2.29. The van der Waals surface area contributed by atoms with Gasteiger partial charge in [-0.2, -0.15) is 0 Å². The third-order valence-electron chi connectivity index (χ3n) is 5.80. The molecule has 1 aliphatic rings. The number of nitrogens with zero attached hydrogens (tertiary/aromatic N) is 1. The van der Waals surface area contributed by atoms with E-state index in [1.54, 1.807) is 25.3 Å². The molecule has 0 aliphatic carbocycles. The summed E-state index contributed by atoms with van der Waals surface area (Å²) < 4.78 is 11.2. The molecule has 1 unspecified atom stereocenters. The molecule has 4 rings (SSSR count). The van der Waals surface area contributed by atoms with Crippen molar-refractivity contribution in [1.29, 1.82) is 0 Å². The van der Waals surface area contributed by atoms with Gasteiger partial charge in [0.25, 0.3) is 11.7 Å². The first-order valence-corrected chi connectivity index (χ1v) is 12.0. The maximum atomic E-state index is 13.2. The molecule has 1 amide bonds. The van der Waals surface area contributed by atoms with Crippen molar-refractivity contribution < 1.29 is 24.2 Å². The number of amides is 1. The Morgan fingerprint density at radius 2 is 1.88 bits per heavy atom. The molecule has 6 nitrogen and oxygen atoms in total. The summed E-state index contributed by atoms with van der Waals surface area (Å²) in [5.74, 6) is -0.179. The fourth-order valence-corrected chi connectivity index (χ4v) is 4.97. The summed E-state index contributed by atoms with van der Waals surface area (Å²) in [6.45, 7) is 4.69. The van der Waals surface area contributed by atoms with E-state index in [4.69, 9.17) is 9.47 Å². The van der Waals surface area contributed by atoms with Crippen molar-refractivity contribution in [3.05, 3.63) is 87.1 Å². The van der Waals surface area contributed by atoms with E-state index in [2.05, 4.69) is 0 Å². The number of aliphatic hydroxyl groups is 1. The molecule has 1 aliphatic heterocycles. The molecule has 1 fully saturated rings. The maximum Gasteiger partial charge on any atom is 0.295 e. The number of ether oxygens (including phenoxy) is 2. The molecule has 0 spiro atoms. The summed E-state index contributed by atoms with van der Waals surface area (Å²) in [5, 5.41) is 13.2. The highest BCUT2D eigenvalue weighted by Gasteiger charge is 2.46. The van der Waals surface area contributed by atoms with Crippen molar-refractivity contribution in [1.82, 2.24) is 4.90 Å². The van der Waals surface area contributed by atoms with Gasteiger partial charge in [-0.05, 0) is 54.6 Å². The van der Waals surface area contributed by atoms with Crippen molar-refractivity contribution in [3.8, 4) is 11.5 Å². The van der Waals surface area contributed by atoms with Gasteiger partial charge in [0, 0.05) is 16.0 Å². The zero-order valence-corrected chi connectivity index (χ0v) is 20.2. The molecule has 2 heterocycles. The van der Waals surface area contributed by atoms with E-state index in [1.807, 2.05) is 55.6 Å². The van der Waals surface area contributed by atoms with Crippen molar-refractivity contribution in [2.24, 2.45) is 0 Å². The van der Waals surface area contributed by atoms with Crippen LogP contribution < -0.4 is 9.47 Å². The lowest BCUT2D eigenvalue weighted by molar-refractivity contribution is -0.140. The van der Waals surface area contributed by atoms with Crippen LogP contribution in [0.1, 0.15) is 41.0 Å². The standard InChI is InChI=1S/C27H27NO5S/c1-4-13-33-20-12-11-18(15-17(20)2)25(29)23-24(22-10-7-14-34-22)28(27(31)26(23)30)16-19-8-5-6-9-21(19)32-3/h5-12,14-15,24,29H,4,13,16H2,1-3H3/b25-23-. The van der Waals surface area contributed by atoms with Crippen LogP contribution in [-0.4, -0.2) is 35.4 Å². The number of methoxy groups -OCH3 is 1. The molecule has 3 aromatic rings. The van der Waals surface area contributed by atoms with Crippen LogP contribution in [-0.2, 0) is 16.1 Å². The predicted octanol–water partition coefficient (Wildman–Crippen LogP) is 5.48. The van der Waals surface area contributed by atoms with Gasteiger partial charge in [0.15, 0.2) is 0 Å². The van der Waals surface area contributed by atoms with Crippen molar-refractivity contribution >= 4 is 28.8 Å². The smallest absolute Gasteiger partial charge is 0.295 e. The fraction of sp³-hybridized carbons (Fsp3) is 0.259. The summed E-state index contributed by atoms with van der Waals surface area (Å²) >= 11 is 1.44. The number of thiophene rings is 1. The Kier molecular flexibility index (Phi) is 7.03. The molecule has 1 saturated heterocycles. The number of rotatable bonds is 8. The number of carbonyl (C=O) groups is 2. The summed E-state index contributed by atoms with van der Waals surface area (Å²) in [5.41, 5.74) is 2.18. The normalized spacial score (nSPS) is 17.3. The van der Waals surface area contributed by atoms with Crippen LogP contribution in [0.25, 0.3) is 5.76 Å². The zero-order chi connectivity index (χ0) is 24.2. The molecular formula is C27H27NO5S. The van der Waals surface area contributed by atoms with E-state index in [-0.39, 0.29) is 17.9 Å². The largest absolute Gasteiger partial charge is 0.507 e. The monoisotopic (exact) mass is 477 g/mol. The van der Waals surface area contributed by atoms with E-state index in [0.29, 0.717) is 17.9 Å². The number of para-hydroxylation sites is 1. The number of Topliss-reactive ketones (excluding diaryl/α,β-unsaturated/α-hetero) is 1. The average molecular weight is 478 g/mol. The number of ketones is 1. The van der Waals surface area contributed by atoms with E-state index >= 15 is 0 Å². The lowest BCUT2D eigenvalue weighted by Gasteiger charge is -2.25. The highest BCUT2D eigenvalue weighted by atomic mass is 32.1. The number of benzene rings is 2. The Balaban J connectivity index is 1.78. The minimum Gasteiger partial charge on any atom is -0.507 e. The number of carbonyl (C=O) groups excluding carboxylic acids is 2. The minimum absolute atomic E-state index is 0.0870. The fourth-order valence-electron chi connectivity index (χ4n) is 4.13. The van der Waals surface area contributed by atoms with Gasteiger partial charge >= 0.3 is 0 Å². The van der Waals surface area contributed by atoms with Gasteiger partial charge in [-0.15, -0.1) is 11.3 Å². The number of aliphatic hydroxyl groups excluding tert-OH is 1. The Hall–Kier alpha value is -3.58. The molecule has 0 radical (unpaired) electrons. The van der Waals surface area contributed by atoms with Gasteiger partial charge in [-0.1, -0.05) is 31.2 Å². The first-order chi connectivity index (χ1) is 16.5. The quantitative estimate of drug-likeness (QED) is 0.264. The summed E-state index contributed by atoms with van der Waals surface area (Å²) in [6, 6.07) is 15.7. The van der Waals surface area contributed by atoms with Crippen molar-refractivity contribution in [3.63, 3.8) is 0 Å². The van der Waals surface area contributed by atoms with Crippen molar-refractivity contribution in [2.75, 3.05) is 13.7 Å². The first-order valence-electron chi connectivity index (χ1n) is 11.1. The Morgan fingerprint density at radius 3 is 2.56 bits per heavy atom. The predicted molar refractivity (Wildman–Crippen MR) is 132 cm³/mol. The molecule has 0 saturated carbocycles. The van der Waals surface area contributed by atoms with Crippen molar-refractivity contribution in [2.45, 2.75) is 32.9 Å². The van der Waals surface area contributed by atoms with Crippen LogP contribution in [0.4, 0.5) is 0 Å². The molecule has 176 valence electrons. The van der Waals surface area contributed by atoms with E-state index in [0.717, 1.165) is 28.2 Å². The zero-order valence-electron chi connectivity index (χ0n) is 19.4. The van der Waals surface area contributed by atoms with Crippen LogP contribution in [0.3, 0.4) is 0 Å². The Labute approximate surface area is 203 Å². The highest BCUT2D eigenvalue weighted by Crippen LogP contribution is 2.42. The molecule has 1 atom stereocenters. The van der Waals surface area contributed by atoms with Crippen LogP contribution >= 0.6 is 11.3 Å². The molecule has 0 bridgehead atoms. The van der Waals surface area contributed by atoms with Crippen LogP contribution in [0.15, 0.2) is 65.6 Å². The number of hydrogen-bond donors (Lipinski definition) is 1. The summed E-state index contributed by atoms with van der Waals surface area (Å²) in [6.07, 6.45) is 0.887. The highest BCUT2D eigenvalue weighted by molar-refractivity contribution is 7.10. The van der Waals surface area contributed by atoms with Crippen LogP contribution in [0.2, 0.25) is 0 Å². The van der Waals surface area contributed by atoms with E-state index in [1.165, 1.54) is 16.2 Å². The second kappa shape index (κ2) is 10.1. The third-order valence-corrected chi connectivity index (χ3v) is 6.72.